The van der Waals surface area contributed by atoms with Crippen molar-refractivity contribution in [1.29, 1.82) is 0 Å². The lowest BCUT2D eigenvalue weighted by Crippen LogP contribution is -2.37. The summed E-state index contributed by atoms with van der Waals surface area (Å²) >= 11 is 0. The van der Waals surface area contributed by atoms with Gasteiger partial charge in [-0.05, 0) is 53.6 Å². The average molecular weight is 410 g/mol. The van der Waals surface area contributed by atoms with Crippen molar-refractivity contribution in [2.45, 2.75) is 24.7 Å². The summed E-state index contributed by atoms with van der Waals surface area (Å²) in [6.45, 7) is 8.53. The van der Waals surface area contributed by atoms with Crippen molar-refractivity contribution in [1.82, 2.24) is 4.90 Å². The van der Waals surface area contributed by atoms with Crippen LogP contribution in [0.5, 0.6) is 5.75 Å². The van der Waals surface area contributed by atoms with Gasteiger partial charge >= 0.3 is 0 Å². The van der Waals surface area contributed by atoms with Crippen molar-refractivity contribution in [3.63, 3.8) is 0 Å². The third-order valence-electron chi connectivity index (χ3n) is 7.21. The quantitative estimate of drug-likeness (QED) is 0.467. The number of nitrogens with zero attached hydrogens (tertiary/aromatic N) is 1. The maximum Gasteiger partial charge on any atom is 0.122 e. The highest BCUT2D eigenvalue weighted by molar-refractivity contribution is 5.45. The van der Waals surface area contributed by atoms with Crippen molar-refractivity contribution in [2.75, 3.05) is 26.2 Å². The molecule has 31 heavy (non-hydrogen) atoms. The molecule has 2 nitrogen and oxygen atoms in total. The van der Waals surface area contributed by atoms with E-state index >= 15 is 0 Å². The number of rotatable bonds is 7. The summed E-state index contributed by atoms with van der Waals surface area (Å²) in [4.78, 5) is 2.64. The zero-order valence-corrected chi connectivity index (χ0v) is 18.2. The van der Waals surface area contributed by atoms with Crippen LogP contribution < -0.4 is 4.74 Å². The highest BCUT2D eigenvalue weighted by Gasteiger charge is 2.42. The van der Waals surface area contributed by atoms with E-state index in [1.807, 2.05) is 0 Å². The Balaban J connectivity index is 1.35. The molecule has 5 rings (SSSR count). The first-order chi connectivity index (χ1) is 15.3. The fraction of sp³-hybridized carbons (Fsp3) is 0.310. The zero-order chi connectivity index (χ0) is 21.1. The van der Waals surface area contributed by atoms with Gasteiger partial charge in [-0.15, -0.1) is 6.58 Å². The summed E-state index contributed by atoms with van der Waals surface area (Å²) in [6.07, 6.45) is 5.53. The summed E-state index contributed by atoms with van der Waals surface area (Å²) in [5.74, 6) is 1.59. The van der Waals surface area contributed by atoms with E-state index < -0.39 is 0 Å². The van der Waals surface area contributed by atoms with Gasteiger partial charge in [-0.2, -0.15) is 0 Å². The van der Waals surface area contributed by atoms with E-state index in [4.69, 9.17) is 4.74 Å². The number of likely N-dealkylation sites (tertiary alicyclic amines) is 1. The van der Waals surface area contributed by atoms with Gasteiger partial charge in [0.15, 0.2) is 0 Å². The van der Waals surface area contributed by atoms with Crippen LogP contribution in [-0.4, -0.2) is 31.1 Å². The van der Waals surface area contributed by atoms with Crippen molar-refractivity contribution < 1.29 is 4.74 Å². The number of allylic oxidation sites excluding steroid dienone is 1. The van der Waals surface area contributed by atoms with Crippen molar-refractivity contribution in [3.05, 3.63) is 114 Å². The molecule has 0 aliphatic carbocycles. The molecule has 2 heteroatoms. The Labute approximate surface area is 186 Å². The smallest absolute Gasteiger partial charge is 0.122 e. The maximum absolute atomic E-state index is 5.66. The molecule has 158 valence electrons. The van der Waals surface area contributed by atoms with Gasteiger partial charge < -0.3 is 9.64 Å². The number of benzene rings is 3. The fourth-order valence-corrected chi connectivity index (χ4v) is 5.56. The predicted octanol–water partition coefficient (Wildman–Crippen LogP) is 5.66. The molecular formula is C29H31NO. The Hall–Kier alpha value is -2.84. The molecule has 0 saturated carbocycles. The SMILES string of the molecule is C=CC(c1ccccc1)(c1ccccc1)C1CCN(CCc2ccc3c(c2)CCO3)C1. The van der Waals surface area contributed by atoms with Crippen LogP contribution in [0.3, 0.4) is 0 Å². The number of fused-ring (bicyclic) bond motifs is 1. The zero-order valence-electron chi connectivity index (χ0n) is 18.2. The standard InChI is InChI=1S/C29H31NO/c1-2-29(25-9-5-3-6-10-25,26-11-7-4-8-12-26)27-16-19-30(22-27)18-15-23-13-14-28-24(21-23)17-20-31-28/h2-14,21,27H,1,15-20,22H2. The second kappa shape index (κ2) is 8.72. The van der Waals surface area contributed by atoms with E-state index in [1.54, 1.807) is 0 Å². The monoisotopic (exact) mass is 409 g/mol. The first-order valence-corrected chi connectivity index (χ1v) is 11.5. The van der Waals surface area contributed by atoms with Crippen LogP contribution in [0, 0.1) is 5.92 Å². The number of hydrogen-bond donors (Lipinski definition) is 0. The molecule has 1 unspecified atom stereocenters. The third kappa shape index (κ3) is 3.81. The second-order valence-corrected chi connectivity index (χ2v) is 8.88. The van der Waals surface area contributed by atoms with Crippen LogP contribution in [0.2, 0.25) is 0 Å². The summed E-state index contributed by atoms with van der Waals surface area (Å²) in [5, 5.41) is 0. The lowest BCUT2D eigenvalue weighted by molar-refractivity contribution is 0.306. The highest BCUT2D eigenvalue weighted by atomic mass is 16.5. The van der Waals surface area contributed by atoms with Gasteiger partial charge in [-0.1, -0.05) is 78.9 Å². The molecule has 1 fully saturated rings. The minimum Gasteiger partial charge on any atom is -0.493 e. The van der Waals surface area contributed by atoms with Gasteiger partial charge in [0.1, 0.15) is 5.75 Å². The molecular weight excluding hydrogens is 378 g/mol. The summed E-state index contributed by atoms with van der Waals surface area (Å²) in [7, 11) is 0. The van der Waals surface area contributed by atoms with Crippen molar-refractivity contribution in [2.24, 2.45) is 5.92 Å². The van der Waals surface area contributed by atoms with Gasteiger partial charge in [0.25, 0.3) is 0 Å². The summed E-state index contributed by atoms with van der Waals surface area (Å²) in [5.41, 5.74) is 5.34. The van der Waals surface area contributed by atoms with E-state index in [9.17, 15) is 0 Å². The molecule has 0 aromatic heterocycles. The van der Waals surface area contributed by atoms with Crippen LogP contribution in [-0.2, 0) is 18.3 Å². The van der Waals surface area contributed by atoms with Crippen LogP contribution >= 0.6 is 0 Å². The third-order valence-corrected chi connectivity index (χ3v) is 7.21. The molecule has 0 spiro atoms. The first kappa shape index (κ1) is 20.1. The van der Waals surface area contributed by atoms with Crippen LogP contribution in [0.15, 0.2) is 91.5 Å². The molecule has 2 heterocycles. The van der Waals surface area contributed by atoms with Gasteiger partial charge in [0.2, 0.25) is 0 Å². The number of ether oxygens (including phenoxy) is 1. The van der Waals surface area contributed by atoms with Crippen LogP contribution in [0.1, 0.15) is 28.7 Å². The Morgan fingerprint density at radius 3 is 2.35 bits per heavy atom. The van der Waals surface area contributed by atoms with Crippen LogP contribution in [0.4, 0.5) is 0 Å². The van der Waals surface area contributed by atoms with Gasteiger partial charge in [-0.25, -0.2) is 0 Å². The lowest BCUT2D eigenvalue weighted by Gasteiger charge is -2.38. The first-order valence-electron chi connectivity index (χ1n) is 11.5. The summed E-state index contributed by atoms with van der Waals surface area (Å²) < 4.78 is 5.66. The largest absolute Gasteiger partial charge is 0.493 e. The molecule has 1 saturated heterocycles. The molecule has 1 atom stereocenters. The minimum atomic E-state index is -0.151. The predicted molar refractivity (Wildman–Crippen MR) is 128 cm³/mol. The van der Waals surface area contributed by atoms with E-state index in [-0.39, 0.29) is 5.41 Å². The molecule has 0 bridgehead atoms. The molecule has 0 N–H and O–H groups in total. The Morgan fingerprint density at radius 2 is 1.68 bits per heavy atom. The molecule has 3 aromatic rings. The average Bonchev–Trinajstić information content (AvgIpc) is 3.50. The summed E-state index contributed by atoms with van der Waals surface area (Å²) in [6, 6.07) is 28.6. The Morgan fingerprint density at radius 1 is 0.968 bits per heavy atom. The van der Waals surface area contributed by atoms with Gasteiger partial charge in [0.05, 0.1) is 6.61 Å². The molecule has 0 amide bonds. The highest BCUT2D eigenvalue weighted by Crippen LogP contribution is 2.44. The maximum atomic E-state index is 5.66. The topological polar surface area (TPSA) is 12.5 Å². The fourth-order valence-electron chi connectivity index (χ4n) is 5.56. The van der Waals surface area contributed by atoms with E-state index in [0.29, 0.717) is 5.92 Å². The molecule has 2 aliphatic rings. The van der Waals surface area contributed by atoms with Gasteiger partial charge in [-0.3, -0.25) is 0 Å². The normalized spacial score (nSPS) is 18.5. The molecule has 0 radical (unpaired) electrons. The van der Waals surface area contributed by atoms with Crippen LogP contribution in [0.25, 0.3) is 0 Å². The van der Waals surface area contributed by atoms with E-state index in [0.717, 1.165) is 44.8 Å². The lowest BCUT2D eigenvalue weighted by atomic mass is 9.65. The Bertz CT molecular complexity index is 988. The van der Waals surface area contributed by atoms with Crippen molar-refractivity contribution >= 4 is 0 Å². The second-order valence-electron chi connectivity index (χ2n) is 8.88. The minimum absolute atomic E-state index is 0.151. The van der Waals surface area contributed by atoms with E-state index in [1.165, 1.54) is 28.7 Å². The number of hydrogen-bond acceptors (Lipinski definition) is 2. The van der Waals surface area contributed by atoms with E-state index in [2.05, 4.69) is 96.4 Å². The van der Waals surface area contributed by atoms with Crippen molar-refractivity contribution in [3.8, 4) is 5.75 Å². The Kier molecular flexibility index (Phi) is 5.65. The van der Waals surface area contributed by atoms with Gasteiger partial charge in [0, 0.05) is 24.9 Å². The molecule has 3 aromatic carbocycles. The molecule has 2 aliphatic heterocycles.